The Hall–Kier alpha value is -4.04. The number of fused-ring (bicyclic) bond motifs is 1. The van der Waals surface area contributed by atoms with Gasteiger partial charge in [-0.25, -0.2) is 0 Å². The van der Waals surface area contributed by atoms with Crippen LogP contribution in [0.5, 0.6) is 17.2 Å². The van der Waals surface area contributed by atoms with Gasteiger partial charge in [-0.3, -0.25) is 9.59 Å². The molecular formula is C28H31N3O5. The van der Waals surface area contributed by atoms with Crippen molar-refractivity contribution in [2.24, 2.45) is 0 Å². The quantitative estimate of drug-likeness (QED) is 0.499. The number of hydrogen-bond acceptors (Lipinski definition) is 6. The van der Waals surface area contributed by atoms with Gasteiger partial charge in [0.15, 0.2) is 11.5 Å². The zero-order chi connectivity index (χ0) is 25.7. The minimum absolute atomic E-state index is 0.200. The van der Waals surface area contributed by atoms with Gasteiger partial charge >= 0.3 is 0 Å². The number of amides is 2. The normalized spacial score (nSPS) is 12.9. The lowest BCUT2D eigenvalue weighted by atomic mass is 9.99. The summed E-state index contributed by atoms with van der Waals surface area (Å²) in [6.07, 6.45) is 1.02. The average Bonchev–Trinajstić information content (AvgIpc) is 2.90. The molecule has 3 aromatic rings. The summed E-state index contributed by atoms with van der Waals surface area (Å²) in [4.78, 5) is 28.1. The van der Waals surface area contributed by atoms with Crippen molar-refractivity contribution in [1.29, 1.82) is 0 Å². The number of benzene rings is 3. The molecule has 2 N–H and O–H groups in total. The SMILES string of the molecule is COc1cc(OC)c(C(=O)NCc2cccc(C(=O)Nc3ccc4c(c3)CN(C)CC4)c2)cc1OC. The van der Waals surface area contributed by atoms with Crippen LogP contribution in [-0.2, 0) is 19.5 Å². The molecule has 2 amide bonds. The number of anilines is 1. The highest BCUT2D eigenvalue weighted by molar-refractivity contribution is 6.04. The number of carbonyl (C=O) groups is 2. The third-order valence-electron chi connectivity index (χ3n) is 6.26. The van der Waals surface area contributed by atoms with Crippen molar-refractivity contribution < 1.29 is 23.8 Å². The first-order valence-corrected chi connectivity index (χ1v) is 11.7. The van der Waals surface area contributed by atoms with Crippen LogP contribution in [0.3, 0.4) is 0 Å². The first-order chi connectivity index (χ1) is 17.4. The van der Waals surface area contributed by atoms with Crippen LogP contribution in [0.2, 0.25) is 0 Å². The van der Waals surface area contributed by atoms with E-state index in [1.807, 2.05) is 18.2 Å². The van der Waals surface area contributed by atoms with Gasteiger partial charge < -0.3 is 29.7 Å². The molecule has 0 saturated carbocycles. The highest BCUT2D eigenvalue weighted by atomic mass is 16.5. The van der Waals surface area contributed by atoms with Crippen molar-refractivity contribution in [2.75, 3.05) is 40.2 Å². The van der Waals surface area contributed by atoms with Crippen molar-refractivity contribution in [3.05, 3.63) is 82.4 Å². The maximum Gasteiger partial charge on any atom is 0.255 e. The van der Waals surface area contributed by atoms with Crippen molar-refractivity contribution in [3.8, 4) is 17.2 Å². The molecule has 1 aliphatic heterocycles. The molecule has 4 rings (SSSR count). The van der Waals surface area contributed by atoms with Crippen LogP contribution < -0.4 is 24.8 Å². The van der Waals surface area contributed by atoms with E-state index in [1.54, 1.807) is 30.3 Å². The van der Waals surface area contributed by atoms with E-state index in [0.717, 1.165) is 30.8 Å². The molecular weight excluding hydrogens is 458 g/mol. The largest absolute Gasteiger partial charge is 0.496 e. The van der Waals surface area contributed by atoms with Gasteiger partial charge in [0.05, 0.1) is 26.9 Å². The molecule has 0 unspecified atom stereocenters. The third kappa shape index (κ3) is 5.60. The number of ether oxygens (including phenoxy) is 3. The number of nitrogens with zero attached hydrogens (tertiary/aromatic N) is 1. The lowest BCUT2D eigenvalue weighted by molar-refractivity contribution is 0.0947. The average molecular weight is 490 g/mol. The van der Waals surface area contributed by atoms with E-state index in [0.29, 0.717) is 28.4 Å². The van der Waals surface area contributed by atoms with Gasteiger partial charge in [-0.1, -0.05) is 18.2 Å². The molecule has 36 heavy (non-hydrogen) atoms. The number of hydrogen-bond donors (Lipinski definition) is 2. The van der Waals surface area contributed by atoms with Gasteiger partial charge in [-0.05, 0) is 54.4 Å². The predicted molar refractivity (Wildman–Crippen MR) is 138 cm³/mol. The van der Waals surface area contributed by atoms with Crippen molar-refractivity contribution >= 4 is 17.5 Å². The Labute approximate surface area is 211 Å². The molecule has 0 radical (unpaired) electrons. The van der Waals surface area contributed by atoms with E-state index < -0.39 is 0 Å². The smallest absolute Gasteiger partial charge is 0.255 e. The minimum atomic E-state index is -0.332. The van der Waals surface area contributed by atoms with E-state index >= 15 is 0 Å². The molecule has 0 aliphatic carbocycles. The molecule has 1 aliphatic rings. The van der Waals surface area contributed by atoms with Gasteiger partial charge in [0.25, 0.3) is 11.8 Å². The van der Waals surface area contributed by atoms with Crippen LogP contribution in [-0.4, -0.2) is 51.6 Å². The Morgan fingerprint density at radius 2 is 1.61 bits per heavy atom. The lowest BCUT2D eigenvalue weighted by Crippen LogP contribution is -2.26. The summed E-state index contributed by atoms with van der Waals surface area (Å²) >= 11 is 0. The monoisotopic (exact) mass is 489 g/mol. The topological polar surface area (TPSA) is 89.1 Å². The number of methoxy groups -OCH3 is 3. The summed E-state index contributed by atoms with van der Waals surface area (Å²) in [5.74, 6) is 0.733. The first kappa shape index (κ1) is 25.1. The van der Waals surface area contributed by atoms with Crippen molar-refractivity contribution in [1.82, 2.24) is 10.2 Å². The fraction of sp³-hybridized carbons (Fsp3) is 0.286. The standard InChI is InChI=1S/C28H31N3O5/c1-31-11-10-19-8-9-22(13-21(19)17-31)30-27(32)20-7-5-6-18(12-20)16-29-28(33)23-14-25(35-3)26(36-4)15-24(23)34-2/h5-9,12-15H,10-11,16-17H2,1-4H3,(H,29,33)(H,30,32). The van der Waals surface area contributed by atoms with Crippen LogP contribution in [0.25, 0.3) is 0 Å². The summed E-state index contributed by atoms with van der Waals surface area (Å²) in [6, 6.07) is 16.5. The predicted octanol–water partition coefficient (Wildman–Crippen LogP) is 3.88. The molecule has 0 atom stereocenters. The van der Waals surface area contributed by atoms with Gasteiger partial charge in [-0.2, -0.15) is 0 Å². The fourth-order valence-electron chi connectivity index (χ4n) is 4.29. The summed E-state index contributed by atoms with van der Waals surface area (Å²) in [6.45, 7) is 2.16. The Bertz CT molecular complexity index is 1270. The maximum atomic E-state index is 12.9. The number of nitrogens with one attached hydrogen (secondary N) is 2. The summed E-state index contributed by atoms with van der Waals surface area (Å²) < 4.78 is 15.9. The van der Waals surface area contributed by atoms with Gasteiger partial charge in [0.2, 0.25) is 0 Å². The van der Waals surface area contributed by atoms with Crippen LogP contribution >= 0.6 is 0 Å². The van der Waals surface area contributed by atoms with E-state index in [9.17, 15) is 9.59 Å². The maximum absolute atomic E-state index is 12.9. The second kappa shape index (κ2) is 11.1. The Kier molecular flexibility index (Phi) is 7.75. The van der Waals surface area contributed by atoms with Crippen molar-refractivity contribution in [3.63, 3.8) is 0 Å². The number of rotatable bonds is 8. The van der Waals surface area contributed by atoms with E-state index in [1.165, 1.54) is 32.5 Å². The Morgan fingerprint density at radius 1 is 0.861 bits per heavy atom. The minimum Gasteiger partial charge on any atom is -0.496 e. The van der Waals surface area contributed by atoms with E-state index in [4.69, 9.17) is 14.2 Å². The second-order valence-electron chi connectivity index (χ2n) is 8.72. The zero-order valence-electron chi connectivity index (χ0n) is 21.0. The fourth-order valence-corrected chi connectivity index (χ4v) is 4.29. The molecule has 0 bridgehead atoms. The molecule has 0 aromatic heterocycles. The van der Waals surface area contributed by atoms with E-state index in [2.05, 4.69) is 28.6 Å². The van der Waals surface area contributed by atoms with Gasteiger partial charge in [0, 0.05) is 43.0 Å². The molecule has 3 aromatic carbocycles. The number of carbonyl (C=O) groups excluding carboxylic acids is 2. The molecule has 0 spiro atoms. The van der Waals surface area contributed by atoms with Crippen LogP contribution in [0.15, 0.2) is 54.6 Å². The van der Waals surface area contributed by atoms with Crippen molar-refractivity contribution in [2.45, 2.75) is 19.5 Å². The highest BCUT2D eigenvalue weighted by Crippen LogP contribution is 2.34. The van der Waals surface area contributed by atoms with E-state index in [-0.39, 0.29) is 18.4 Å². The molecule has 188 valence electrons. The molecule has 0 saturated heterocycles. The lowest BCUT2D eigenvalue weighted by Gasteiger charge is -2.25. The Balaban J connectivity index is 1.43. The zero-order valence-corrected chi connectivity index (χ0v) is 21.0. The first-order valence-electron chi connectivity index (χ1n) is 11.7. The molecule has 8 heteroatoms. The summed E-state index contributed by atoms with van der Waals surface area (Å²) in [7, 11) is 6.61. The summed E-state index contributed by atoms with van der Waals surface area (Å²) in [5, 5.41) is 5.87. The van der Waals surface area contributed by atoms with Gasteiger partial charge in [0.1, 0.15) is 5.75 Å². The highest BCUT2D eigenvalue weighted by Gasteiger charge is 2.18. The molecule has 8 nitrogen and oxygen atoms in total. The van der Waals surface area contributed by atoms with Crippen LogP contribution in [0.1, 0.15) is 37.4 Å². The molecule has 1 heterocycles. The van der Waals surface area contributed by atoms with Crippen LogP contribution in [0.4, 0.5) is 5.69 Å². The molecule has 0 fully saturated rings. The third-order valence-corrected chi connectivity index (χ3v) is 6.26. The van der Waals surface area contributed by atoms with Gasteiger partial charge in [-0.15, -0.1) is 0 Å². The van der Waals surface area contributed by atoms with Crippen LogP contribution in [0, 0.1) is 0 Å². The Morgan fingerprint density at radius 3 is 2.36 bits per heavy atom. The second-order valence-corrected chi connectivity index (χ2v) is 8.72. The summed E-state index contributed by atoms with van der Waals surface area (Å²) in [5.41, 5.74) is 4.97. The number of likely N-dealkylation sites (N-methyl/N-ethyl adjacent to an activating group) is 1.